The molecule has 0 aliphatic rings. The summed E-state index contributed by atoms with van der Waals surface area (Å²) in [6.45, 7) is 0.389. The topological polar surface area (TPSA) is 56.3 Å². The fourth-order valence-corrected chi connectivity index (χ4v) is 2.35. The van der Waals surface area contributed by atoms with Crippen LogP contribution >= 0.6 is 11.5 Å². The van der Waals surface area contributed by atoms with Gasteiger partial charge >= 0.3 is 0 Å². The van der Waals surface area contributed by atoms with Crippen molar-refractivity contribution in [1.29, 1.82) is 0 Å². The normalized spacial score (nSPS) is 10.2. The Balaban J connectivity index is 1.57. The van der Waals surface area contributed by atoms with Crippen molar-refractivity contribution in [2.45, 2.75) is 6.61 Å². The minimum Gasteiger partial charge on any atom is -0.497 e. The van der Waals surface area contributed by atoms with Gasteiger partial charge in [-0.15, -0.1) is 0 Å². The summed E-state index contributed by atoms with van der Waals surface area (Å²) in [5.41, 5.74) is 0.961. The Kier molecular flexibility index (Phi) is 4.50. The third-order valence-corrected chi connectivity index (χ3v) is 3.60. The van der Waals surface area contributed by atoms with E-state index in [1.54, 1.807) is 7.11 Å². The maximum absolute atomic E-state index is 5.68. The molecular weight excluding hydrogens is 298 g/mol. The molecule has 0 saturated heterocycles. The van der Waals surface area contributed by atoms with Crippen molar-refractivity contribution in [1.82, 2.24) is 9.36 Å². The van der Waals surface area contributed by atoms with Gasteiger partial charge in [-0.05, 0) is 47.9 Å². The minimum absolute atomic E-state index is 0.389. The molecule has 3 aromatic rings. The highest BCUT2D eigenvalue weighted by Gasteiger charge is 2.05. The molecule has 0 aliphatic carbocycles. The van der Waals surface area contributed by atoms with Crippen LogP contribution in [0.2, 0.25) is 0 Å². The lowest BCUT2D eigenvalue weighted by molar-refractivity contribution is 0.305. The summed E-state index contributed by atoms with van der Waals surface area (Å²) in [7, 11) is 1.64. The lowest BCUT2D eigenvalue weighted by Gasteiger charge is -2.04. The SMILES string of the molecule is COc1ccc(OCc2nc(Nc3ccccc3)ns2)cc1. The molecule has 0 unspecified atom stereocenters. The summed E-state index contributed by atoms with van der Waals surface area (Å²) in [6.07, 6.45) is 0. The van der Waals surface area contributed by atoms with E-state index in [0.717, 1.165) is 22.2 Å². The van der Waals surface area contributed by atoms with Crippen molar-refractivity contribution < 1.29 is 9.47 Å². The molecule has 2 aromatic carbocycles. The highest BCUT2D eigenvalue weighted by molar-refractivity contribution is 7.05. The molecule has 0 aliphatic heterocycles. The van der Waals surface area contributed by atoms with Crippen molar-refractivity contribution in [2.24, 2.45) is 0 Å². The predicted molar refractivity (Wildman–Crippen MR) is 87.0 cm³/mol. The number of methoxy groups -OCH3 is 1. The summed E-state index contributed by atoms with van der Waals surface area (Å²) in [6, 6.07) is 17.3. The zero-order valence-electron chi connectivity index (χ0n) is 12.0. The highest BCUT2D eigenvalue weighted by atomic mass is 32.1. The number of rotatable bonds is 6. The minimum atomic E-state index is 0.389. The van der Waals surface area contributed by atoms with Gasteiger partial charge in [-0.1, -0.05) is 18.2 Å². The van der Waals surface area contributed by atoms with Gasteiger partial charge < -0.3 is 14.8 Å². The Morgan fingerprint density at radius 2 is 1.73 bits per heavy atom. The molecule has 0 spiro atoms. The molecule has 22 heavy (non-hydrogen) atoms. The fourth-order valence-electron chi connectivity index (χ4n) is 1.83. The summed E-state index contributed by atoms with van der Waals surface area (Å²) >= 11 is 1.32. The fraction of sp³-hybridized carbons (Fsp3) is 0.125. The average molecular weight is 313 g/mol. The van der Waals surface area contributed by atoms with E-state index in [-0.39, 0.29) is 0 Å². The molecule has 0 atom stereocenters. The van der Waals surface area contributed by atoms with E-state index in [1.807, 2.05) is 54.6 Å². The first-order valence-electron chi connectivity index (χ1n) is 6.75. The van der Waals surface area contributed by atoms with Gasteiger partial charge in [0.1, 0.15) is 18.1 Å². The molecule has 3 rings (SSSR count). The van der Waals surface area contributed by atoms with E-state index in [4.69, 9.17) is 9.47 Å². The number of ether oxygens (including phenoxy) is 2. The monoisotopic (exact) mass is 313 g/mol. The largest absolute Gasteiger partial charge is 0.497 e. The molecule has 1 heterocycles. The summed E-state index contributed by atoms with van der Waals surface area (Å²) in [5.74, 6) is 2.16. The van der Waals surface area contributed by atoms with Crippen LogP contribution in [0.15, 0.2) is 54.6 Å². The van der Waals surface area contributed by atoms with E-state index < -0.39 is 0 Å². The van der Waals surface area contributed by atoms with Crippen LogP contribution in [0.4, 0.5) is 11.6 Å². The molecule has 0 saturated carbocycles. The lowest BCUT2D eigenvalue weighted by Crippen LogP contribution is -1.96. The first-order chi connectivity index (χ1) is 10.8. The number of aromatic nitrogens is 2. The molecule has 0 bridgehead atoms. The second-order valence-corrected chi connectivity index (χ2v) is 5.30. The molecule has 1 aromatic heterocycles. The molecule has 0 fully saturated rings. The third kappa shape index (κ3) is 3.73. The van der Waals surface area contributed by atoms with Gasteiger partial charge in [0, 0.05) is 5.69 Å². The van der Waals surface area contributed by atoms with Gasteiger partial charge in [0.15, 0.2) is 5.01 Å². The van der Waals surface area contributed by atoms with Gasteiger partial charge in [0.05, 0.1) is 7.11 Å². The van der Waals surface area contributed by atoms with Gasteiger partial charge in [-0.25, -0.2) is 4.98 Å². The molecule has 0 amide bonds. The van der Waals surface area contributed by atoms with Crippen molar-refractivity contribution in [3.63, 3.8) is 0 Å². The van der Waals surface area contributed by atoms with Crippen LogP contribution in [0, 0.1) is 0 Å². The number of nitrogens with zero attached hydrogens (tertiary/aromatic N) is 2. The van der Waals surface area contributed by atoms with E-state index in [0.29, 0.717) is 12.6 Å². The van der Waals surface area contributed by atoms with Gasteiger partial charge in [0.25, 0.3) is 0 Å². The van der Waals surface area contributed by atoms with Crippen molar-refractivity contribution in [3.8, 4) is 11.5 Å². The standard InChI is InChI=1S/C16H15N3O2S/c1-20-13-7-9-14(10-8-13)21-11-15-18-16(19-22-15)17-12-5-3-2-4-6-12/h2-10H,11H2,1H3,(H,17,19). The number of benzene rings is 2. The van der Waals surface area contributed by atoms with Crippen LogP contribution in [0.3, 0.4) is 0 Å². The first kappa shape index (κ1) is 14.3. The number of anilines is 2. The summed E-state index contributed by atoms with van der Waals surface area (Å²) in [4.78, 5) is 4.40. The Morgan fingerprint density at radius 1 is 1.00 bits per heavy atom. The maximum Gasteiger partial charge on any atom is 0.239 e. The second kappa shape index (κ2) is 6.91. The van der Waals surface area contributed by atoms with Gasteiger partial charge in [-0.2, -0.15) is 4.37 Å². The van der Waals surface area contributed by atoms with Gasteiger partial charge in [-0.3, -0.25) is 0 Å². The zero-order valence-corrected chi connectivity index (χ0v) is 12.8. The van der Waals surface area contributed by atoms with E-state index in [1.165, 1.54) is 11.5 Å². The van der Waals surface area contributed by atoms with Crippen molar-refractivity contribution in [2.75, 3.05) is 12.4 Å². The molecular formula is C16H15N3O2S. The number of nitrogens with one attached hydrogen (secondary N) is 1. The van der Waals surface area contributed by atoms with Crippen LogP contribution in [-0.2, 0) is 6.61 Å². The number of para-hydroxylation sites is 1. The van der Waals surface area contributed by atoms with Crippen LogP contribution < -0.4 is 14.8 Å². The van der Waals surface area contributed by atoms with Crippen molar-refractivity contribution in [3.05, 3.63) is 59.6 Å². The molecule has 0 radical (unpaired) electrons. The van der Waals surface area contributed by atoms with Gasteiger partial charge in [0.2, 0.25) is 5.95 Å². The Labute approximate surface area is 132 Å². The zero-order chi connectivity index (χ0) is 15.2. The van der Waals surface area contributed by atoms with E-state index in [2.05, 4.69) is 14.7 Å². The predicted octanol–water partition coefficient (Wildman–Crippen LogP) is 3.87. The number of hydrogen-bond donors (Lipinski definition) is 1. The Bertz CT molecular complexity index is 714. The average Bonchev–Trinajstić information content (AvgIpc) is 3.02. The van der Waals surface area contributed by atoms with Crippen molar-refractivity contribution >= 4 is 23.2 Å². The summed E-state index contributed by atoms with van der Waals surface area (Å²) in [5, 5.41) is 3.97. The molecule has 112 valence electrons. The Morgan fingerprint density at radius 3 is 2.45 bits per heavy atom. The van der Waals surface area contributed by atoms with E-state index in [9.17, 15) is 0 Å². The van der Waals surface area contributed by atoms with E-state index >= 15 is 0 Å². The van der Waals surface area contributed by atoms with Crippen LogP contribution in [0.25, 0.3) is 0 Å². The smallest absolute Gasteiger partial charge is 0.239 e. The second-order valence-electron chi connectivity index (χ2n) is 4.47. The first-order valence-corrected chi connectivity index (χ1v) is 7.52. The third-order valence-electron chi connectivity index (χ3n) is 2.92. The summed E-state index contributed by atoms with van der Waals surface area (Å²) < 4.78 is 15.1. The molecule has 1 N–H and O–H groups in total. The quantitative estimate of drug-likeness (QED) is 0.748. The molecule has 6 heteroatoms. The Hall–Kier alpha value is -2.60. The number of hydrogen-bond acceptors (Lipinski definition) is 6. The van der Waals surface area contributed by atoms with Crippen LogP contribution in [0.1, 0.15) is 5.01 Å². The molecule has 5 nitrogen and oxygen atoms in total. The van der Waals surface area contributed by atoms with Crippen LogP contribution in [0.5, 0.6) is 11.5 Å². The lowest BCUT2D eigenvalue weighted by atomic mass is 10.3. The highest BCUT2D eigenvalue weighted by Crippen LogP contribution is 2.20. The maximum atomic E-state index is 5.68. The van der Waals surface area contributed by atoms with Crippen LogP contribution in [-0.4, -0.2) is 16.5 Å².